The molecule has 0 fully saturated rings. The lowest BCUT2D eigenvalue weighted by atomic mass is 9.93. The zero-order chi connectivity index (χ0) is 23.1. The van der Waals surface area contributed by atoms with Crippen LogP contribution in [0.4, 0.5) is 65.9 Å². The van der Waals surface area contributed by atoms with Gasteiger partial charge in [-0.05, 0) is 6.92 Å². The Morgan fingerprint density at radius 2 is 1.04 bits per heavy atom. The van der Waals surface area contributed by atoms with Crippen LogP contribution >= 0.6 is 0 Å². The van der Waals surface area contributed by atoms with Crippen LogP contribution in [0, 0.1) is 0 Å². The van der Waals surface area contributed by atoms with Crippen molar-refractivity contribution in [3.8, 4) is 0 Å². The fraction of sp³-hybridized carbons (Fsp3) is 0.727. The SMILES string of the molecule is CCOC(=O)/C(F)=C(\F)C(F)(F)C(F)(F)C(F)(F)C(F)(F)C(F)(F)C(F)(F)F. The molecule has 0 aliphatic carbocycles. The van der Waals surface area contributed by atoms with Crippen LogP contribution in [0.15, 0.2) is 11.7 Å². The third-order valence-corrected chi connectivity index (χ3v) is 2.86. The van der Waals surface area contributed by atoms with E-state index in [4.69, 9.17) is 0 Å². The second kappa shape index (κ2) is 7.20. The molecule has 0 aromatic carbocycles. The van der Waals surface area contributed by atoms with E-state index in [0.717, 1.165) is 6.92 Å². The van der Waals surface area contributed by atoms with Gasteiger partial charge in [0.15, 0.2) is 0 Å². The highest BCUT2D eigenvalue weighted by Crippen LogP contribution is 2.61. The molecule has 0 unspecified atom stereocenters. The zero-order valence-corrected chi connectivity index (χ0v) is 12.7. The zero-order valence-electron chi connectivity index (χ0n) is 12.7. The maximum Gasteiger partial charge on any atom is 0.460 e. The number of alkyl halides is 13. The van der Waals surface area contributed by atoms with E-state index in [2.05, 4.69) is 4.74 Å². The van der Waals surface area contributed by atoms with Crippen molar-refractivity contribution in [1.29, 1.82) is 0 Å². The van der Waals surface area contributed by atoms with Gasteiger partial charge in [0.2, 0.25) is 11.7 Å². The van der Waals surface area contributed by atoms with Gasteiger partial charge in [0.1, 0.15) is 0 Å². The number of allylic oxidation sites excluding steroid dienone is 1. The monoisotopic (exact) mass is 454 g/mol. The van der Waals surface area contributed by atoms with Crippen LogP contribution in [-0.2, 0) is 9.53 Å². The van der Waals surface area contributed by atoms with Gasteiger partial charge < -0.3 is 4.74 Å². The van der Waals surface area contributed by atoms with Gasteiger partial charge in [0, 0.05) is 0 Å². The molecule has 2 nitrogen and oxygen atoms in total. The minimum absolute atomic E-state index is 0.823. The summed E-state index contributed by atoms with van der Waals surface area (Å²) < 4.78 is 195. The number of hydrogen-bond acceptors (Lipinski definition) is 2. The fourth-order valence-electron chi connectivity index (χ4n) is 1.33. The first-order valence-electron chi connectivity index (χ1n) is 6.24. The third-order valence-electron chi connectivity index (χ3n) is 2.86. The quantitative estimate of drug-likeness (QED) is 0.291. The molecule has 0 spiro atoms. The molecule has 0 bridgehead atoms. The van der Waals surface area contributed by atoms with Crippen LogP contribution in [0.3, 0.4) is 0 Å². The fourth-order valence-corrected chi connectivity index (χ4v) is 1.33. The molecule has 0 radical (unpaired) electrons. The normalized spacial score (nSPS) is 16.0. The van der Waals surface area contributed by atoms with Crippen LogP contribution in [-0.4, -0.2) is 48.4 Å². The standard InChI is InChI=1S/C11H5F15O2/c1-2-28-5(27)3(12)4(13)6(14,15)7(16,17)8(18,19)9(20,21)10(22,23)11(24,25)26/h2H2,1H3/b4-3+. The summed E-state index contributed by atoms with van der Waals surface area (Å²) in [5.41, 5.74) is 0. The highest BCUT2D eigenvalue weighted by Gasteiger charge is 2.91. The molecule has 17 heteroatoms. The molecule has 0 atom stereocenters. The van der Waals surface area contributed by atoms with Crippen molar-refractivity contribution in [2.24, 2.45) is 0 Å². The average molecular weight is 454 g/mol. The predicted octanol–water partition coefficient (Wildman–Crippen LogP) is 5.44. The predicted molar refractivity (Wildman–Crippen MR) is 56.7 cm³/mol. The first-order valence-corrected chi connectivity index (χ1v) is 6.24. The molecule has 0 aliphatic rings. The minimum atomic E-state index is -8.31. The van der Waals surface area contributed by atoms with Crippen molar-refractivity contribution >= 4 is 5.97 Å². The second-order valence-corrected chi connectivity index (χ2v) is 4.72. The van der Waals surface area contributed by atoms with Crippen molar-refractivity contribution in [2.75, 3.05) is 6.61 Å². The summed E-state index contributed by atoms with van der Waals surface area (Å²) in [6.45, 7) is -0.0999. The lowest BCUT2D eigenvalue weighted by Gasteiger charge is -2.39. The van der Waals surface area contributed by atoms with Gasteiger partial charge in [-0.15, -0.1) is 0 Å². The van der Waals surface area contributed by atoms with E-state index in [-0.39, 0.29) is 0 Å². The van der Waals surface area contributed by atoms with Gasteiger partial charge in [-0.1, -0.05) is 0 Å². The number of rotatable bonds is 7. The maximum atomic E-state index is 13.2. The summed E-state index contributed by atoms with van der Waals surface area (Å²) in [7, 11) is 0. The molecule has 0 aliphatic heterocycles. The van der Waals surface area contributed by atoms with Crippen molar-refractivity contribution in [3.05, 3.63) is 11.7 Å². The Balaban J connectivity index is 6.56. The molecule has 0 aromatic rings. The molecular weight excluding hydrogens is 449 g/mol. The summed E-state index contributed by atoms with van der Waals surface area (Å²) in [4.78, 5) is 10.6. The number of halogens is 15. The first-order chi connectivity index (χ1) is 12.1. The van der Waals surface area contributed by atoms with Gasteiger partial charge >= 0.3 is 41.8 Å². The van der Waals surface area contributed by atoms with Crippen LogP contribution < -0.4 is 0 Å². The van der Waals surface area contributed by atoms with E-state index in [1.54, 1.807) is 0 Å². The van der Waals surface area contributed by atoms with Crippen LogP contribution in [0.5, 0.6) is 0 Å². The molecule has 166 valence electrons. The Morgan fingerprint density at radius 3 is 1.36 bits per heavy atom. The van der Waals surface area contributed by atoms with Crippen molar-refractivity contribution in [2.45, 2.75) is 42.7 Å². The van der Waals surface area contributed by atoms with E-state index in [1.807, 2.05) is 0 Å². The molecule has 0 rings (SSSR count). The van der Waals surface area contributed by atoms with Crippen molar-refractivity contribution in [3.63, 3.8) is 0 Å². The van der Waals surface area contributed by atoms with E-state index in [9.17, 15) is 70.7 Å². The van der Waals surface area contributed by atoms with Crippen LogP contribution in [0.25, 0.3) is 0 Å². The summed E-state index contributed by atoms with van der Waals surface area (Å²) in [6, 6.07) is 0. The molecule has 28 heavy (non-hydrogen) atoms. The van der Waals surface area contributed by atoms with Crippen molar-refractivity contribution in [1.82, 2.24) is 0 Å². The van der Waals surface area contributed by atoms with Crippen LogP contribution in [0.1, 0.15) is 6.92 Å². The summed E-state index contributed by atoms with van der Waals surface area (Å²) in [6.07, 6.45) is -7.64. The number of carbonyl (C=O) groups is 1. The summed E-state index contributed by atoms with van der Waals surface area (Å²) in [5.74, 6) is -51.1. The van der Waals surface area contributed by atoms with E-state index in [0.29, 0.717) is 0 Å². The molecule has 0 saturated carbocycles. The Labute approximate surface area is 143 Å². The lowest BCUT2D eigenvalue weighted by Crippen LogP contribution is -2.70. The van der Waals surface area contributed by atoms with Gasteiger partial charge in [-0.25, -0.2) is 9.18 Å². The van der Waals surface area contributed by atoms with Crippen LogP contribution in [0.2, 0.25) is 0 Å². The smallest absolute Gasteiger partial charge is 0.460 e. The molecule has 0 aromatic heterocycles. The molecule has 0 amide bonds. The minimum Gasteiger partial charge on any atom is -0.461 e. The highest BCUT2D eigenvalue weighted by molar-refractivity contribution is 5.86. The Hall–Kier alpha value is -1.84. The Kier molecular flexibility index (Phi) is 6.73. The largest absolute Gasteiger partial charge is 0.461 e. The molecule has 0 heterocycles. The first kappa shape index (κ1) is 26.2. The lowest BCUT2D eigenvalue weighted by molar-refractivity contribution is -0.437. The number of esters is 1. The van der Waals surface area contributed by atoms with E-state index < -0.39 is 60.0 Å². The van der Waals surface area contributed by atoms with Gasteiger partial charge in [0.05, 0.1) is 6.61 Å². The molecule has 0 saturated heterocycles. The third kappa shape index (κ3) is 3.58. The maximum absolute atomic E-state index is 13.2. The highest BCUT2D eigenvalue weighted by atomic mass is 19.4. The number of ether oxygens (including phenoxy) is 1. The summed E-state index contributed by atoms with van der Waals surface area (Å²) >= 11 is 0. The summed E-state index contributed by atoms with van der Waals surface area (Å²) in [5, 5.41) is 0. The topological polar surface area (TPSA) is 26.3 Å². The molecular formula is C11H5F15O2. The Morgan fingerprint density at radius 1 is 0.679 bits per heavy atom. The van der Waals surface area contributed by atoms with Gasteiger partial charge in [-0.3, -0.25) is 0 Å². The Bertz CT molecular complexity index is 630. The number of carbonyl (C=O) groups excluding carboxylic acids is 1. The second-order valence-electron chi connectivity index (χ2n) is 4.72. The van der Waals surface area contributed by atoms with E-state index in [1.165, 1.54) is 0 Å². The average Bonchev–Trinajstić information content (AvgIpc) is 2.51. The van der Waals surface area contributed by atoms with Gasteiger partial charge in [-0.2, -0.15) is 61.5 Å². The van der Waals surface area contributed by atoms with Crippen molar-refractivity contribution < 1.29 is 75.4 Å². The van der Waals surface area contributed by atoms with Gasteiger partial charge in [0.25, 0.3) is 0 Å². The molecule has 0 N–H and O–H groups in total. The van der Waals surface area contributed by atoms with E-state index >= 15 is 0 Å². The number of hydrogen-bond donors (Lipinski definition) is 0.